The summed E-state index contributed by atoms with van der Waals surface area (Å²) in [5.74, 6) is -0.404. The van der Waals surface area contributed by atoms with Crippen molar-refractivity contribution < 1.29 is 9.18 Å². The van der Waals surface area contributed by atoms with Gasteiger partial charge in [-0.15, -0.1) is 0 Å². The van der Waals surface area contributed by atoms with Crippen molar-refractivity contribution in [2.45, 2.75) is 38.6 Å². The molecule has 18 heavy (non-hydrogen) atoms. The van der Waals surface area contributed by atoms with Crippen molar-refractivity contribution in [2.75, 3.05) is 0 Å². The van der Waals surface area contributed by atoms with E-state index in [0.29, 0.717) is 5.92 Å². The van der Waals surface area contributed by atoms with Gasteiger partial charge in [0.1, 0.15) is 11.0 Å². The molecular weight excluding hydrogens is 255 g/mol. The van der Waals surface area contributed by atoms with E-state index >= 15 is 0 Å². The number of nitrogens with one attached hydrogen (secondary N) is 1. The fourth-order valence-electron chi connectivity index (χ4n) is 2.44. The van der Waals surface area contributed by atoms with E-state index in [4.69, 9.17) is 11.6 Å². The molecule has 0 aromatic carbocycles. The molecule has 0 radical (unpaired) electrons. The maximum Gasteiger partial charge on any atom is 0.254 e. The molecule has 2 rings (SSSR count). The largest absolute Gasteiger partial charge is 0.349 e. The molecule has 1 aliphatic rings. The summed E-state index contributed by atoms with van der Waals surface area (Å²) < 4.78 is 13.0. The minimum Gasteiger partial charge on any atom is -0.349 e. The number of hydrogen-bond donors (Lipinski definition) is 1. The predicted octanol–water partition coefficient (Wildman–Crippen LogP) is 3.18. The minimum absolute atomic E-state index is 0.0347. The van der Waals surface area contributed by atoms with Crippen LogP contribution in [-0.4, -0.2) is 16.9 Å². The highest BCUT2D eigenvalue weighted by Crippen LogP contribution is 2.27. The normalized spacial score (nSPS) is 17.7. The van der Waals surface area contributed by atoms with Crippen molar-refractivity contribution in [3.8, 4) is 0 Å². The molecule has 0 bridgehead atoms. The minimum atomic E-state index is -0.557. The van der Waals surface area contributed by atoms with E-state index in [1.54, 1.807) is 0 Å². The van der Waals surface area contributed by atoms with Crippen LogP contribution in [-0.2, 0) is 0 Å². The van der Waals surface area contributed by atoms with Gasteiger partial charge < -0.3 is 5.32 Å². The van der Waals surface area contributed by atoms with Crippen LogP contribution in [0.25, 0.3) is 0 Å². The summed E-state index contributed by atoms with van der Waals surface area (Å²) in [5.41, 5.74) is 0.0986. The molecule has 1 N–H and O–H groups in total. The summed E-state index contributed by atoms with van der Waals surface area (Å²) in [6.07, 6.45) is 5.70. The van der Waals surface area contributed by atoms with Gasteiger partial charge in [-0.2, -0.15) is 0 Å². The van der Waals surface area contributed by atoms with Gasteiger partial charge in [0.05, 0.1) is 11.8 Å². The third kappa shape index (κ3) is 2.99. The SMILES string of the molecule is CC(NC(=O)c1cc(F)cnc1Cl)C1CCCC1. The molecular formula is C13H16ClFN2O. The first kappa shape index (κ1) is 13.3. The monoisotopic (exact) mass is 270 g/mol. The molecule has 98 valence electrons. The van der Waals surface area contributed by atoms with E-state index < -0.39 is 5.82 Å². The van der Waals surface area contributed by atoms with Crippen LogP contribution < -0.4 is 5.32 Å². The molecule has 1 fully saturated rings. The van der Waals surface area contributed by atoms with Crippen LogP contribution in [0, 0.1) is 11.7 Å². The van der Waals surface area contributed by atoms with Gasteiger partial charge in [-0.05, 0) is 31.7 Å². The molecule has 0 saturated heterocycles. The maximum atomic E-state index is 13.0. The molecule has 0 aliphatic heterocycles. The number of carbonyl (C=O) groups is 1. The topological polar surface area (TPSA) is 42.0 Å². The summed E-state index contributed by atoms with van der Waals surface area (Å²) >= 11 is 5.80. The Morgan fingerprint density at radius 2 is 2.22 bits per heavy atom. The zero-order valence-electron chi connectivity index (χ0n) is 10.2. The van der Waals surface area contributed by atoms with Gasteiger partial charge in [-0.25, -0.2) is 9.37 Å². The predicted molar refractivity (Wildman–Crippen MR) is 68.1 cm³/mol. The zero-order chi connectivity index (χ0) is 13.1. The van der Waals surface area contributed by atoms with E-state index in [1.807, 2.05) is 6.92 Å². The Labute approximate surface area is 111 Å². The second-order valence-electron chi connectivity index (χ2n) is 4.80. The Morgan fingerprint density at radius 3 is 2.89 bits per heavy atom. The van der Waals surface area contributed by atoms with Crippen molar-refractivity contribution >= 4 is 17.5 Å². The van der Waals surface area contributed by atoms with Gasteiger partial charge >= 0.3 is 0 Å². The lowest BCUT2D eigenvalue weighted by atomic mass is 9.99. The smallest absolute Gasteiger partial charge is 0.254 e. The number of nitrogens with zero attached hydrogens (tertiary/aromatic N) is 1. The second kappa shape index (κ2) is 5.65. The summed E-state index contributed by atoms with van der Waals surface area (Å²) in [6.45, 7) is 1.98. The molecule has 1 aromatic rings. The summed E-state index contributed by atoms with van der Waals surface area (Å²) in [5, 5.41) is 2.91. The van der Waals surface area contributed by atoms with E-state index in [1.165, 1.54) is 12.8 Å². The molecule has 1 atom stereocenters. The quantitative estimate of drug-likeness (QED) is 0.857. The molecule has 1 heterocycles. The van der Waals surface area contributed by atoms with Crippen LogP contribution >= 0.6 is 11.6 Å². The standard InChI is InChI=1S/C13H16ClFN2O/c1-8(9-4-2-3-5-9)17-13(18)11-6-10(15)7-16-12(11)14/h6-9H,2-5H2,1H3,(H,17,18). The highest BCUT2D eigenvalue weighted by atomic mass is 35.5. The molecule has 1 aromatic heterocycles. The number of aromatic nitrogens is 1. The first-order chi connectivity index (χ1) is 8.58. The van der Waals surface area contributed by atoms with Gasteiger partial charge in [-0.3, -0.25) is 4.79 Å². The van der Waals surface area contributed by atoms with E-state index in [-0.39, 0.29) is 22.7 Å². The van der Waals surface area contributed by atoms with Crippen molar-refractivity contribution in [1.29, 1.82) is 0 Å². The fourth-order valence-corrected chi connectivity index (χ4v) is 2.63. The highest BCUT2D eigenvalue weighted by molar-refractivity contribution is 6.32. The van der Waals surface area contributed by atoms with Gasteiger partial charge in [0.25, 0.3) is 5.91 Å². The Hall–Kier alpha value is -1.16. The number of rotatable bonds is 3. The molecule has 1 aliphatic carbocycles. The molecule has 5 heteroatoms. The van der Waals surface area contributed by atoms with Crippen molar-refractivity contribution in [3.05, 3.63) is 28.8 Å². The number of hydrogen-bond acceptors (Lipinski definition) is 2. The second-order valence-corrected chi connectivity index (χ2v) is 5.16. The number of carbonyl (C=O) groups excluding carboxylic acids is 1. The Kier molecular flexibility index (Phi) is 4.17. The van der Waals surface area contributed by atoms with E-state index in [0.717, 1.165) is 25.1 Å². The van der Waals surface area contributed by atoms with Crippen LogP contribution in [0.1, 0.15) is 43.0 Å². The van der Waals surface area contributed by atoms with Crippen molar-refractivity contribution in [1.82, 2.24) is 10.3 Å². The molecule has 1 amide bonds. The third-order valence-electron chi connectivity index (χ3n) is 3.52. The summed E-state index contributed by atoms with van der Waals surface area (Å²) in [4.78, 5) is 15.6. The Bertz CT molecular complexity index is 447. The Balaban J connectivity index is 2.04. The number of amides is 1. The maximum absolute atomic E-state index is 13.0. The zero-order valence-corrected chi connectivity index (χ0v) is 11.0. The lowest BCUT2D eigenvalue weighted by Crippen LogP contribution is -2.37. The Morgan fingerprint density at radius 1 is 1.56 bits per heavy atom. The number of halogens is 2. The fraction of sp³-hybridized carbons (Fsp3) is 0.538. The molecule has 1 saturated carbocycles. The van der Waals surface area contributed by atoms with Crippen molar-refractivity contribution in [2.24, 2.45) is 5.92 Å². The van der Waals surface area contributed by atoms with Gasteiger partial charge in [-0.1, -0.05) is 24.4 Å². The lowest BCUT2D eigenvalue weighted by Gasteiger charge is -2.20. The molecule has 1 unspecified atom stereocenters. The first-order valence-corrected chi connectivity index (χ1v) is 6.57. The average molecular weight is 271 g/mol. The van der Waals surface area contributed by atoms with Crippen LogP contribution in [0.2, 0.25) is 5.15 Å². The van der Waals surface area contributed by atoms with Crippen LogP contribution in [0.5, 0.6) is 0 Å². The van der Waals surface area contributed by atoms with Crippen LogP contribution in [0.4, 0.5) is 4.39 Å². The van der Waals surface area contributed by atoms with Gasteiger partial charge in [0.2, 0.25) is 0 Å². The number of pyridine rings is 1. The van der Waals surface area contributed by atoms with Crippen LogP contribution in [0.3, 0.4) is 0 Å². The first-order valence-electron chi connectivity index (χ1n) is 6.20. The summed E-state index contributed by atoms with van der Waals surface area (Å²) in [6, 6.07) is 1.20. The molecule has 3 nitrogen and oxygen atoms in total. The highest BCUT2D eigenvalue weighted by Gasteiger charge is 2.24. The van der Waals surface area contributed by atoms with Crippen LogP contribution in [0.15, 0.2) is 12.3 Å². The molecule has 0 spiro atoms. The van der Waals surface area contributed by atoms with Gasteiger partial charge in [0.15, 0.2) is 0 Å². The van der Waals surface area contributed by atoms with E-state index in [9.17, 15) is 9.18 Å². The average Bonchev–Trinajstić information content (AvgIpc) is 2.85. The van der Waals surface area contributed by atoms with Crippen molar-refractivity contribution in [3.63, 3.8) is 0 Å². The van der Waals surface area contributed by atoms with Gasteiger partial charge in [0, 0.05) is 6.04 Å². The van der Waals surface area contributed by atoms with E-state index in [2.05, 4.69) is 10.3 Å². The summed E-state index contributed by atoms with van der Waals surface area (Å²) in [7, 11) is 0. The third-order valence-corrected chi connectivity index (χ3v) is 3.82. The lowest BCUT2D eigenvalue weighted by molar-refractivity contribution is 0.0926.